The number of nitrogens with zero attached hydrogens (tertiary/aromatic N) is 1. The van der Waals surface area contributed by atoms with Crippen molar-refractivity contribution in [3.8, 4) is 5.75 Å². The van der Waals surface area contributed by atoms with Gasteiger partial charge in [0.2, 0.25) is 23.6 Å². The fourth-order valence-electron chi connectivity index (χ4n) is 11.5. The van der Waals surface area contributed by atoms with Gasteiger partial charge in [-0.1, -0.05) is 43.3 Å². The van der Waals surface area contributed by atoms with Crippen LogP contribution in [0.1, 0.15) is 76.4 Å². The molecule has 7 N–H and O–H groups in total. The maximum absolute atomic E-state index is 17.7. The Kier molecular flexibility index (Phi) is 12.2. The van der Waals surface area contributed by atoms with Gasteiger partial charge in [0.15, 0.2) is 29.1 Å². The molecule has 352 valence electrons. The van der Waals surface area contributed by atoms with E-state index in [9.17, 15) is 49.2 Å². The summed E-state index contributed by atoms with van der Waals surface area (Å²) in [5, 5.41) is 50.1. The molecule has 66 heavy (non-hydrogen) atoms. The summed E-state index contributed by atoms with van der Waals surface area (Å²) in [5.41, 5.74) is -4.93. The van der Waals surface area contributed by atoms with Crippen molar-refractivity contribution in [3.05, 3.63) is 95.1 Å². The molecule has 1 saturated heterocycles. The first-order valence-corrected chi connectivity index (χ1v) is 22.1. The number of aliphatic hydroxyl groups excluding tert-OH is 3. The monoisotopic (exact) mass is 916 g/mol. The Labute approximate surface area is 379 Å². The van der Waals surface area contributed by atoms with Crippen LogP contribution in [0.25, 0.3) is 0 Å². The lowest BCUT2D eigenvalue weighted by molar-refractivity contribution is -0.235. The van der Waals surface area contributed by atoms with Gasteiger partial charge in [0.1, 0.15) is 36.8 Å². The van der Waals surface area contributed by atoms with Gasteiger partial charge in [-0.3, -0.25) is 28.8 Å². The number of nitrogens with one attached hydrogen (secondary N) is 3. The van der Waals surface area contributed by atoms with E-state index in [1.54, 1.807) is 43.3 Å². The molecular weight excluding hydrogens is 863 g/mol. The molecule has 0 aromatic heterocycles. The van der Waals surface area contributed by atoms with Crippen molar-refractivity contribution in [1.29, 1.82) is 0 Å². The van der Waals surface area contributed by atoms with Gasteiger partial charge in [-0.05, 0) is 99.4 Å². The highest BCUT2D eigenvalue weighted by Gasteiger charge is 2.80. The molecule has 0 spiro atoms. The smallest absolute Gasteiger partial charge is 0.248 e. The van der Waals surface area contributed by atoms with E-state index in [-0.39, 0.29) is 49.2 Å². The predicted octanol–water partition coefficient (Wildman–Crippen LogP) is 2.68. The molecule has 8 rings (SSSR count). The Morgan fingerprint density at radius 1 is 0.939 bits per heavy atom. The number of phenols is 1. The number of benzene rings is 2. The largest absolute Gasteiger partial charge is 0.506 e. The van der Waals surface area contributed by atoms with E-state index < -0.39 is 119 Å². The number of allylic oxidation sites excluding steroid dienone is 4. The first kappa shape index (κ1) is 46.9. The molecule has 2 aliphatic heterocycles. The van der Waals surface area contributed by atoms with Crippen molar-refractivity contribution in [2.75, 3.05) is 18.5 Å². The van der Waals surface area contributed by atoms with E-state index in [0.717, 1.165) is 16.5 Å². The number of aliphatic hydroxyl groups is 3. The zero-order valence-electron chi connectivity index (χ0n) is 36.8. The Hall–Kier alpha value is -5.66. The van der Waals surface area contributed by atoms with Crippen LogP contribution in [-0.2, 0) is 44.7 Å². The second-order valence-corrected chi connectivity index (χ2v) is 18.8. The number of phenolic OH excluding ortho intramolecular Hbond substituents is 1. The number of rotatable bonds is 13. The zero-order chi connectivity index (χ0) is 47.7. The van der Waals surface area contributed by atoms with Crippen LogP contribution in [-0.4, -0.2) is 122 Å². The van der Waals surface area contributed by atoms with E-state index >= 15 is 8.78 Å². The number of carbonyl (C=O) groups excluding carboxylic acids is 6. The SMILES string of the molecule is C[C@H](NC(=O)CCN1C(=O)C=CC1O)C(=O)N[C@@H](C)C(=O)Nc1cc(Cc2ccc([C@@H]3O[C@@H]4C[C@H]5[C@@H]6C[C@H](F)C7=CC(=O)C=C[C@]7(C)[C@@]6(F)[C@@H](O)C[C@]5(C)[C@]4(C(=O)CO)O3)cc2)ccc1O. The number of amides is 4. The molecule has 2 aromatic rings. The van der Waals surface area contributed by atoms with E-state index in [4.69, 9.17) is 9.47 Å². The van der Waals surface area contributed by atoms with E-state index in [1.165, 1.54) is 51.1 Å². The summed E-state index contributed by atoms with van der Waals surface area (Å²) in [5.74, 6) is -5.42. The lowest BCUT2D eigenvalue weighted by Crippen LogP contribution is -2.70. The zero-order valence-corrected chi connectivity index (χ0v) is 36.8. The van der Waals surface area contributed by atoms with Crippen LogP contribution < -0.4 is 16.0 Å². The Morgan fingerprint density at radius 2 is 1.64 bits per heavy atom. The minimum absolute atomic E-state index is 0.0126. The van der Waals surface area contributed by atoms with Gasteiger partial charge in [0.25, 0.3) is 0 Å². The van der Waals surface area contributed by atoms with Crippen molar-refractivity contribution in [2.45, 2.75) is 114 Å². The molecule has 1 unspecified atom stereocenters. The van der Waals surface area contributed by atoms with E-state index in [0.29, 0.717) is 17.5 Å². The number of hydrogen-bond donors (Lipinski definition) is 7. The van der Waals surface area contributed by atoms with Crippen LogP contribution in [0.15, 0.2) is 78.4 Å². The number of ketones is 2. The molecule has 18 heteroatoms. The summed E-state index contributed by atoms with van der Waals surface area (Å²) in [6.45, 7) is 5.10. The average Bonchev–Trinajstić information content (AvgIpc) is 3.90. The summed E-state index contributed by atoms with van der Waals surface area (Å²) in [6, 6.07) is 9.63. The standard InChI is InChI=1S/C48H54F2N4O12/c1-24(51-39(60)14-16-54-40(61)11-12-41(54)62)42(63)52-25(2)43(64)53-34-18-27(7-10-35(34)57)17-26-5-8-28(9-6-26)44-65-38-21-30-31-20-33(49)32-19-29(56)13-15-45(32,3)47(31,50)36(58)22-46(30,4)48(38,66-44)37(59)23-55/h5-13,15,18-19,24-25,30-31,33,36,38,40,44,55,57-58,61H,14,16-17,20-23H2,1-4H3,(H,51,60)(H,52,63)(H,53,64)/t24-,25-,30-,31-,33-,36-,38+,40?,44+,45-,46-,47-,48+/m0/s1. The van der Waals surface area contributed by atoms with Gasteiger partial charge in [0.05, 0.1) is 17.9 Å². The van der Waals surface area contributed by atoms with Crippen LogP contribution in [0.3, 0.4) is 0 Å². The molecular formula is C48H54F2N4O12. The van der Waals surface area contributed by atoms with Gasteiger partial charge in [-0.15, -0.1) is 0 Å². The Bertz CT molecular complexity index is 2450. The Balaban J connectivity index is 0.899. The maximum atomic E-state index is 17.7. The van der Waals surface area contributed by atoms with Crippen molar-refractivity contribution >= 4 is 40.9 Å². The van der Waals surface area contributed by atoms with Gasteiger partial charge in [-0.2, -0.15) is 0 Å². The molecule has 16 nitrogen and oxygen atoms in total. The Morgan fingerprint density at radius 3 is 2.32 bits per heavy atom. The number of anilines is 1. The molecule has 0 radical (unpaired) electrons. The van der Waals surface area contributed by atoms with Crippen molar-refractivity contribution in [3.63, 3.8) is 0 Å². The van der Waals surface area contributed by atoms with Gasteiger partial charge in [0, 0.05) is 41.4 Å². The molecule has 4 aliphatic carbocycles. The molecule has 2 heterocycles. The molecule has 3 saturated carbocycles. The third-order valence-electron chi connectivity index (χ3n) is 15.0. The lowest BCUT2D eigenvalue weighted by Gasteiger charge is -2.63. The van der Waals surface area contributed by atoms with Crippen LogP contribution in [0.5, 0.6) is 5.75 Å². The number of aromatic hydroxyl groups is 1. The number of alkyl halides is 2. The number of Topliss-reactive ketones (excluding diaryl/α,β-unsaturated/α-hetero) is 1. The summed E-state index contributed by atoms with van der Waals surface area (Å²) in [6.07, 6.45) is -0.635. The van der Waals surface area contributed by atoms with Gasteiger partial charge < -0.3 is 50.8 Å². The number of halogens is 2. The van der Waals surface area contributed by atoms with E-state index in [1.807, 2.05) is 0 Å². The highest BCUT2D eigenvalue weighted by atomic mass is 19.1. The van der Waals surface area contributed by atoms with Crippen LogP contribution in [0, 0.1) is 22.7 Å². The van der Waals surface area contributed by atoms with Crippen molar-refractivity contribution < 1.29 is 67.4 Å². The second kappa shape index (κ2) is 17.2. The first-order valence-electron chi connectivity index (χ1n) is 22.1. The molecule has 0 bridgehead atoms. The van der Waals surface area contributed by atoms with Crippen LogP contribution >= 0.6 is 0 Å². The molecule has 4 amide bonds. The molecule has 13 atom stereocenters. The normalized spacial score (nSPS) is 35.0. The van der Waals surface area contributed by atoms with Crippen molar-refractivity contribution in [2.24, 2.45) is 22.7 Å². The first-order chi connectivity index (χ1) is 31.2. The summed E-state index contributed by atoms with van der Waals surface area (Å²) in [4.78, 5) is 77.4. The summed E-state index contributed by atoms with van der Waals surface area (Å²) >= 11 is 0. The van der Waals surface area contributed by atoms with Crippen LogP contribution in [0.2, 0.25) is 0 Å². The minimum Gasteiger partial charge on any atom is -0.506 e. The van der Waals surface area contributed by atoms with Crippen molar-refractivity contribution in [1.82, 2.24) is 15.5 Å². The average molecular weight is 917 g/mol. The number of fused-ring (bicyclic) bond motifs is 7. The highest BCUT2D eigenvalue weighted by molar-refractivity contribution is 6.01. The molecule has 6 aliphatic rings. The summed E-state index contributed by atoms with van der Waals surface area (Å²) in [7, 11) is 0. The third kappa shape index (κ3) is 7.55. The van der Waals surface area contributed by atoms with Gasteiger partial charge >= 0.3 is 0 Å². The predicted molar refractivity (Wildman–Crippen MR) is 230 cm³/mol. The van der Waals surface area contributed by atoms with E-state index in [2.05, 4.69) is 16.0 Å². The number of carbonyl (C=O) groups is 6. The minimum atomic E-state index is -2.37. The topological polar surface area (TPSA) is 241 Å². The number of hydrogen-bond acceptors (Lipinski definition) is 12. The maximum Gasteiger partial charge on any atom is 0.248 e. The quantitative estimate of drug-likeness (QED) is 0.144. The fraction of sp³-hybridized carbons (Fsp3) is 0.500. The number of ether oxygens (including phenoxy) is 2. The molecule has 2 aromatic carbocycles. The van der Waals surface area contributed by atoms with Crippen LogP contribution in [0.4, 0.5) is 14.5 Å². The third-order valence-corrected chi connectivity index (χ3v) is 15.0. The lowest BCUT2D eigenvalue weighted by atomic mass is 9.44. The molecule has 4 fully saturated rings. The summed E-state index contributed by atoms with van der Waals surface area (Å²) < 4.78 is 46.8. The van der Waals surface area contributed by atoms with Gasteiger partial charge in [-0.25, -0.2) is 8.78 Å². The highest BCUT2D eigenvalue weighted by Crippen LogP contribution is 2.72. The fourth-order valence-corrected chi connectivity index (χ4v) is 11.5. The second-order valence-electron chi connectivity index (χ2n) is 18.8.